The molecule has 23 heavy (non-hydrogen) atoms. The third-order valence-electron chi connectivity index (χ3n) is 3.32. The Morgan fingerprint density at radius 1 is 1.26 bits per heavy atom. The van der Waals surface area contributed by atoms with Crippen molar-refractivity contribution in [3.63, 3.8) is 0 Å². The first-order chi connectivity index (χ1) is 11.0. The lowest BCUT2D eigenvalue weighted by molar-refractivity contribution is -0.120. The maximum absolute atomic E-state index is 13.4. The lowest BCUT2D eigenvalue weighted by Gasteiger charge is -2.07. The highest BCUT2D eigenvalue weighted by atomic mass is 19.1. The van der Waals surface area contributed by atoms with Crippen LogP contribution in [0, 0.1) is 12.7 Å². The third kappa shape index (κ3) is 4.64. The van der Waals surface area contributed by atoms with Crippen LogP contribution >= 0.6 is 0 Å². The summed E-state index contributed by atoms with van der Waals surface area (Å²) < 4.78 is 14.9. The van der Waals surface area contributed by atoms with Gasteiger partial charge in [-0.1, -0.05) is 18.2 Å². The molecule has 7 heteroatoms. The van der Waals surface area contributed by atoms with E-state index in [-0.39, 0.29) is 24.2 Å². The van der Waals surface area contributed by atoms with Crippen LogP contribution in [0.2, 0.25) is 0 Å². The van der Waals surface area contributed by atoms with E-state index in [1.54, 1.807) is 38.2 Å². The van der Waals surface area contributed by atoms with Gasteiger partial charge in [-0.2, -0.15) is 5.10 Å². The predicted octanol–water partition coefficient (Wildman–Crippen LogP) is 0.956. The van der Waals surface area contributed by atoms with E-state index >= 15 is 0 Å². The summed E-state index contributed by atoms with van der Waals surface area (Å²) in [5.74, 6) is -0.979. The molecule has 0 aliphatic rings. The summed E-state index contributed by atoms with van der Waals surface area (Å²) in [7, 11) is 1.66. The van der Waals surface area contributed by atoms with Crippen LogP contribution in [0.5, 0.6) is 0 Å². The maximum atomic E-state index is 13.4. The van der Waals surface area contributed by atoms with Gasteiger partial charge >= 0.3 is 0 Å². The largest absolute Gasteiger partial charge is 0.354 e. The smallest absolute Gasteiger partial charge is 0.269 e. The van der Waals surface area contributed by atoms with E-state index in [9.17, 15) is 14.0 Å². The summed E-state index contributed by atoms with van der Waals surface area (Å²) in [6.45, 7) is 1.95. The predicted molar refractivity (Wildman–Crippen MR) is 83.4 cm³/mol. The fraction of sp³-hybridized carbons (Fsp3) is 0.312. The number of nitrogens with one attached hydrogen (secondary N) is 2. The molecule has 1 aromatic heterocycles. The zero-order valence-corrected chi connectivity index (χ0v) is 13.1. The summed E-state index contributed by atoms with van der Waals surface area (Å²) in [4.78, 5) is 23.6. The number of aryl methyl sites for hydroxylation is 2. The molecule has 2 aromatic rings. The first-order valence-electron chi connectivity index (χ1n) is 7.26. The topological polar surface area (TPSA) is 76.0 Å². The van der Waals surface area contributed by atoms with Crippen molar-refractivity contribution in [1.29, 1.82) is 0 Å². The average molecular weight is 318 g/mol. The highest BCUT2D eigenvalue weighted by Gasteiger charge is 2.12. The van der Waals surface area contributed by atoms with Gasteiger partial charge in [-0.15, -0.1) is 0 Å². The number of aromatic nitrogens is 2. The molecule has 0 atom stereocenters. The molecule has 0 unspecified atom stereocenters. The Morgan fingerprint density at radius 3 is 2.65 bits per heavy atom. The van der Waals surface area contributed by atoms with Crippen LogP contribution in [0.1, 0.15) is 21.7 Å². The number of amides is 2. The summed E-state index contributed by atoms with van der Waals surface area (Å²) in [6.07, 6.45) is 0.396. The summed E-state index contributed by atoms with van der Waals surface area (Å²) in [6, 6.07) is 8.07. The molecule has 0 fully saturated rings. The van der Waals surface area contributed by atoms with Crippen LogP contribution in [0.4, 0.5) is 4.39 Å². The van der Waals surface area contributed by atoms with Gasteiger partial charge < -0.3 is 10.6 Å². The van der Waals surface area contributed by atoms with Gasteiger partial charge in [0.1, 0.15) is 11.5 Å². The SMILES string of the molecule is Cc1cc(C(=O)NCC(=O)NCCc2ccccc2F)n(C)n1. The summed E-state index contributed by atoms with van der Waals surface area (Å²) in [5, 5.41) is 9.24. The van der Waals surface area contributed by atoms with Crippen molar-refractivity contribution in [1.82, 2.24) is 20.4 Å². The molecule has 0 saturated heterocycles. The molecule has 0 bridgehead atoms. The van der Waals surface area contributed by atoms with E-state index in [0.717, 1.165) is 5.69 Å². The minimum Gasteiger partial charge on any atom is -0.354 e. The number of halogens is 1. The number of carbonyl (C=O) groups excluding carboxylic acids is 2. The van der Waals surface area contributed by atoms with Crippen molar-refractivity contribution in [3.8, 4) is 0 Å². The molecule has 1 aromatic carbocycles. The Labute approximate surface area is 133 Å². The van der Waals surface area contributed by atoms with Crippen molar-refractivity contribution in [2.24, 2.45) is 7.05 Å². The van der Waals surface area contributed by atoms with Crippen molar-refractivity contribution in [2.45, 2.75) is 13.3 Å². The molecular weight excluding hydrogens is 299 g/mol. The normalized spacial score (nSPS) is 10.4. The maximum Gasteiger partial charge on any atom is 0.269 e. The first kappa shape index (κ1) is 16.7. The molecule has 0 radical (unpaired) electrons. The molecular formula is C16H19FN4O2. The van der Waals surface area contributed by atoms with Gasteiger partial charge in [0.25, 0.3) is 5.91 Å². The minimum atomic E-state index is -0.364. The van der Waals surface area contributed by atoms with Crippen molar-refractivity contribution in [3.05, 3.63) is 53.1 Å². The van der Waals surface area contributed by atoms with Crippen molar-refractivity contribution >= 4 is 11.8 Å². The fourth-order valence-electron chi connectivity index (χ4n) is 2.17. The number of carbonyl (C=O) groups is 2. The average Bonchev–Trinajstić information content (AvgIpc) is 2.85. The number of nitrogens with zero attached hydrogens (tertiary/aromatic N) is 2. The van der Waals surface area contributed by atoms with Crippen LogP contribution in [0.15, 0.2) is 30.3 Å². The second-order valence-corrected chi connectivity index (χ2v) is 5.17. The van der Waals surface area contributed by atoms with Gasteiger partial charge in [-0.05, 0) is 31.0 Å². The van der Waals surface area contributed by atoms with Gasteiger partial charge in [0.15, 0.2) is 0 Å². The molecule has 2 rings (SSSR count). The van der Waals surface area contributed by atoms with Gasteiger partial charge in [-0.3, -0.25) is 14.3 Å². The number of rotatable bonds is 6. The Hall–Kier alpha value is -2.70. The Bertz CT molecular complexity index is 712. The molecule has 122 valence electrons. The number of hydrogen-bond acceptors (Lipinski definition) is 3. The summed E-state index contributed by atoms with van der Waals surface area (Å²) in [5.41, 5.74) is 1.66. The molecule has 0 aliphatic heterocycles. The van der Waals surface area contributed by atoms with E-state index in [2.05, 4.69) is 15.7 Å². The van der Waals surface area contributed by atoms with Crippen molar-refractivity contribution in [2.75, 3.05) is 13.1 Å². The zero-order chi connectivity index (χ0) is 16.8. The van der Waals surface area contributed by atoms with Crippen LogP contribution in [0.3, 0.4) is 0 Å². The highest BCUT2D eigenvalue weighted by molar-refractivity contribution is 5.95. The lowest BCUT2D eigenvalue weighted by Crippen LogP contribution is -2.38. The molecule has 2 N–H and O–H groups in total. The van der Waals surface area contributed by atoms with Gasteiger partial charge in [0.2, 0.25) is 5.91 Å². The molecule has 0 spiro atoms. The third-order valence-corrected chi connectivity index (χ3v) is 3.32. The minimum absolute atomic E-state index is 0.139. The molecule has 1 heterocycles. The summed E-state index contributed by atoms with van der Waals surface area (Å²) >= 11 is 0. The zero-order valence-electron chi connectivity index (χ0n) is 13.1. The standard InChI is InChI=1S/C16H19FN4O2/c1-11-9-14(21(2)20-11)16(23)19-10-15(22)18-8-7-12-5-3-4-6-13(12)17/h3-6,9H,7-8,10H2,1-2H3,(H,18,22)(H,19,23). The first-order valence-corrected chi connectivity index (χ1v) is 7.26. The number of benzene rings is 1. The Morgan fingerprint density at radius 2 is 2.00 bits per heavy atom. The second-order valence-electron chi connectivity index (χ2n) is 5.17. The second kappa shape index (κ2) is 7.53. The fourth-order valence-corrected chi connectivity index (χ4v) is 2.17. The lowest BCUT2D eigenvalue weighted by atomic mass is 10.1. The monoisotopic (exact) mass is 318 g/mol. The highest BCUT2D eigenvalue weighted by Crippen LogP contribution is 2.06. The van der Waals surface area contributed by atoms with E-state index in [1.807, 2.05) is 0 Å². The molecule has 2 amide bonds. The Balaban J connectivity index is 1.74. The quantitative estimate of drug-likeness (QED) is 0.833. The number of hydrogen-bond donors (Lipinski definition) is 2. The van der Waals surface area contributed by atoms with E-state index in [4.69, 9.17) is 0 Å². The van der Waals surface area contributed by atoms with Gasteiger partial charge in [-0.25, -0.2) is 4.39 Å². The van der Waals surface area contributed by atoms with Gasteiger partial charge in [0.05, 0.1) is 12.2 Å². The van der Waals surface area contributed by atoms with Crippen LogP contribution in [-0.4, -0.2) is 34.7 Å². The van der Waals surface area contributed by atoms with Gasteiger partial charge in [0, 0.05) is 13.6 Å². The van der Waals surface area contributed by atoms with E-state index < -0.39 is 0 Å². The Kier molecular flexibility index (Phi) is 5.46. The molecule has 0 aliphatic carbocycles. The van der Waals surface area contributed by atoms with Crippen LogP contribution in [-0.2, 0) is 18.3 Å². The van der Waals surface area contributed by atoms with Crippen LogP contribution < -0.4 is 10.6 Å². The van der Waals surface area contributed by atoms with Crippen molar-refractivity contribution < 1.29 is 14.0 Å². The molecule has 6 nitrogen and oxygen atoms in total. The molecule has 0 saturated carbocycles. The van der Waals surface area contributed by atoms with E-state index in [1.165, 1.54) is 10.7 Å². The van der Waals surface area contributed by atoms with Crippen LogP contribution in [0.25, 0.3) is 0 Å². The van der Waals surface area contributed by atoms with E-state index in [0.29, 0.717) is 24.2 Å².